The van der Waals surface area contributed by atoms with Crippen molar-refractivity contribution in [1.82, 2.24) is 0 Å². The highest BCUT2D eigenvalue weighted by atomic mass is 16.5. The predicted molar refractivity (Wildman–Crippen MR) is 79.6 cm³/mol. The molecule has 104 valence electrons. The van der Waals surface area contributed by atoms with Crippen LogP contribution >= 0.6 is 0 Å². The number of carbonyl (C=O) groups excluding carboxylic acids is 1. The lowest BCUT2D eigenvalue weighted by molar-refractivity contribution is -0.117. The van der Waals surface area contributed by atoms with Gasteiger partial charge in [0.25, 0.3) is 0 Å². The van der Waals surface area contributed by atoms with Crippen LogP contribution in [0.1, 0.15) is 18.5 Å². The van der Waals surface area contributed by atoms with Gasteiger partial charge < -0.3 is 15.8 Å². The van der Waals surface area contributed by atoms with E-state index in [0.29, 0.717) is 12.3 Å². The summed E-state index contributed by atoms with van der Waals surface area (Å²) in [5, 5.41) is 2.79. The minimum Gasteiger partial charge on any atom is -0.494 e. The van der Waals surface area contributed by atoms with E-state index in [1.165, 1.54) is 0 Å². The van der Waals surface area contributed by atoms with Gasteiger partial charge in [-0.3, -0.25) is 4.79 Å². The Hall–Kier alpha value is -2.33. The molecule has 2 aromatic rings. The van der Waals surface area contributed by atoms with Crippen LogP contribution in [0, 0.1) is 0 Å². The number of hydrogen-bond donors (Lipinski definition) is 2. The van der Waals surface area contributed by atoms with E-state index in [9.17, 15) is 4.79 Å². The lowest BCUT2D eigenvalue weighted by atomic mass is 10.1. The van der Waals surface area contributed by atoms with Gasteiger partial charge in [0.15, 0.2) is 0 Å². The molecular formula is C16H18N2O2. The highest BCUT2D eigenvalue weighted by Gasteiger charge is 2.15. The van der Waals surface area contributed by atoms with Crippen molar-refractivity contribution >= 4 is 11.6 Å². The molecule has 4 nitrogen and oxygen atoms in total. The number of anilines is 1. The van der Waals surface area contributed by atoms with Crippen molar-refractivity contribution in [3.8, 4) is 5.75 Å². The van der Waals surface area contributed by atoms with Gasteiger partial charge in [0.1, 0.15) is 11.8 Å². The van der Waals surface area contributed by atoms with Crippen molar-refractivity contribution in [2.75, 3.05) is 11.9 Å². The number of ether oxygens (including phenoxy) is 1. The minimum atomic E-state index is -0.678. The zero-order valence-corrected chi connectivity index (χ0v) is 11.4. The van der Waals surface area contributed by atoms with Crippen molar-refractivity contribution in [1.29, 1.82) is 0 Å². The van der Waals surface area contributed by atoms with Crippen LogP contribution in [0.25, 0.3) is 0 Å². The van der Waals surface area contributed by atoms with Crippen LogP contribution < -0.4 is 15.8 Å². The van der Waals surface area contributed by atoms with Gasteiger partial charge in [0.05, 0.1) is 6.61 Å². The van der Waals surface area contributed by atoms with E-state index in [0.717, 1.165) is 11.3 Å². The highest BCUT2D eigenvalue weighted by molar-refractivity contribution is 5.95. The van der Waals surface area contributed by atoms with Crippen LogP contribution in [-0.2, 0) is 4.79 Å². The van der Waals surface area contributed by atoms with E-state index in [2.05, 4.69) is 5.32 Å². The maximum absolute atomic E-state index is 12.1. The Morgan fingerprint density at radius 2 is 1.80 bits per heavy atom. The smallest absolute Gasteiger partial charge is 0.245 e. The van der Waals surface area contributed by atoms with E-state index >= 15 is 0 Å². The summed E-state index contributed by atoms with van der Waals surface area (Å²) in [5.74, 6) is 0.540. The topological polar surface area (TPSA) is 64.3 Å². The van der Waals surface area contributed by atoms with E-state index < -0.39 is 6.04 Å². The molecule has 1 atom stereocenters. The Morgan fingerprint density at radius 3 is 2.40 bits per heavy atom. The van der Waals surface area contributed by atoms with E-state index in [-0.39, 0.29) is 5.91 Å². The molecule has 4 heteroatoms. The maximum atomic E-state index is 12.1. The second kappa shape index (κ2) is 6.73. The number of hydrogen-bond acceptors (Lipinski definition) is 3. The number of carbonyl (C=O) groups is 1. The molecule has 0 fully saturated rings. The number of nitrogens with two attached hydrogens (primary N) is 1. The Kier molecular flexibility index (Phi) is 4.74. The quantitative estimate of drug-likeness (QED) is 0.878. The third kappa shape index (κ3) is 3.59. The summed E-state index contributed by atoms with van der Waals surface area (Å²) in [5.41, 5.74) is 7.41. The van der Waals surface area contributed by atoms with Crippen LogP contribution in [0.4, 0.5) is 5.69 Å². The lowest BCUT2D eigenvalue weighted by Gasteiger charge is -2.13. The number of nitrogens with one attached hydrogen (secondary N) is 1. The first-order chi connectivity index (χ1) is 9.70. The fraction of sp³-hybridized carbons (Fsp3) is 0.188. The number of rotatable bonds is 5. The van der Waals surface area contributed by atoms with E-state index in [1.54, 1.807) is 12.1 Å². The summed E-state index contributed by atoms with van der Waals surface area (Å²) in [7, 11) is 0. The molecule has 0 aromatic heterocycles. The minimum absolute atomic E-state index is 0.236. The molecule has 0 saturated carbocycles. The van der Waals surface area contributed by atoms with Gasteiger partial charge in [-0.05, 0) is 36.8 Å². The molecule has 1 amide bonds. The molecule has 2 aromatic carbocycles. The molecule has 2 rings (SSSR count). The summed E-state index contributed by atoms with van der Waals surface area (Å²) < 4.78 is 5.35. The standard InChI is InChI=1S/C16H18N2O2/c1-2-20-14-10-8-13(9-11-14)18-16(19)15(17)12-6-4-3-5-7-12/h3-11,15H,2,17H2,1H3,(H,18,19)/t15-/m0/s1. The Bertz CT molecular complexity index is 552. The molecule has 0 aliphatic rings. The second-order valence-electron chi connectivity index (χ2n) is 4.33. The number of benzene rings is 2. The van der Waals surface area contributed by atoms with Crippen LogP contribution in [-0.4, -0.2) is 12.5 Å². The summed E-state index contributed by atoms with van der Waals surface area (Å²) in [6.07, 6.45) is 0. The fourth-order valence-electron chi connectivity index (χ4n) is 1.83. The highest BCUT2D eigenvalue weighted by Crippen LogP contribution is 2.17. The monoisotopic (exact) mass is 270 g/mol. The first kappa shape index (κ1) is 14.1. The molecule has 0 aliphatic heterocycles. The Morgan fingerprint density at radius 1 is 1.15 bits per heavy atom. The van der Waals surface area contributed by atoms with Gasteiger partial charge in [-0.1, -0.05) is 30.3 Å². The van der Waals surface area contributed by atoms with Crippen molar-refractivity contribution in [3.05, 3.63) is 60.2 Å². The van der Waals surface area contributed by atoms with Gasteiger partial charge in [-0.25, -0.2) is 0 Å². The van der Waals surface area contributed by atoms with Crippen molar-refractivity contribution in [3.63, 3.8) is 0 Å². The van der Waals surface area contributed by atoms with Gasteiger partial charge in [0.2, 0.25) is 5.91 Å². The van der Waals surface area contributed by atoms with Crippen LogP contribution in [0.15, 0.2) is 54.6 Å². The lowest BCUT2D eigenvalue weighted by Crippen LogP contribution is -2.27. The Labute approximate surface area is 118 Å². The summed E-state index contributed by atoms with van der Waals surface area (Å²) >= 11 is 0. The summed E-state index contributed by atoms with van der Waals surface area (Å²) in [6, 6.07) is 15.8. The molecule has 0 spiro atoms. The predicted octanol–water partition coefficient (Wildman–Crippen LogP) is 2.72. The van der Waals surface area contributed by atoms with Crippen LogP contribution in [0.3, 0.4) is 0 Å². The van der Waals surface area contributed by atoms with Crippen LogP contribution in [0.5, 0.6) is 5.75 Å². The average molecular weight is 270 g/mol. The van der Waals surface area contributed by atoms with Crippen LogP contribution in [0.2, 0.25) is 0 Å². The van der Waals surface area contributed by atoms with Gasteiger partial charge in [-0.15, -0.1) is 0 Å². The zero-order chi connectivity index (χ0) is 14.4. The Balaban J connectivity index is 2.00. The van der Waals surface area contributed by atoms with Gasteiger partial charge in [0, 0.05) is 5.69 Å². The maximum Gasteiger partial charge on any atom is 0.245 e. The normalized spacial score (nSPS) is 11.7. The van der Waals surface area contributed by atoms with E-state index in [1.807, 2.05) is 49.4 Å². The van der Waals surface area contributed by atoms with E-state index in [4.69, 9.17) is 10.5 Å². The summed E-state index contributed by atoms with van der Waals surface area (Å²) in [6.45, 7) is 2.54. The largest absolute Gasteiger partial charge is 0.494 e. The molecule has 0 aliphatic carbocycles. The first-order valence-electron chi connectivity index (χ1n) is 6.55. The van der Waals surface area contributed by atoms with Crippen molar-refractivity contribution in [2.24, 2.45) is 5.73 Å². The number of amides is 1. The SMILES string of the molecule is CCOc1ccc(NC(=O)[C@@H](N)c2ccccc2)cc1. The average Bonchev–Trinajstić information content (AvgIpc) is 2.49. The first-order valence-corrected chi connectivity index (χ1v) is 6.55. The molecule has 0 radical (unpaired) electrons. The van der Waals surface area contributed by atoms with Crippen molar-refractivity contribution < 1.29 is 9.53 Å². The molecule has 0 bridgehead atoms. The molecule has 20 heavy (non-hydrogen) atoms. The van der Waals surface area contributed by atoms with Gasteiger partial charge in [-0.2, -0.15) is 0 Å². The zero-order valence-electron chi connectivity index (χ0n) is 11.4. The van der Waals surface area contributed by atoms with Gasteiger partial charge >= 0.3 is 0 Å². The molecule has 0 unspecified atom stereocenters. The fourth-order valence-corrected chi connectivity index (χ4v) is 1.83. The third-order valence-corrected chi connectivity index (χ3v) is 2.87. The molecule has 0 heterocycles. The third-order valence-electron chi connectivity index (χ3n) is 2.87. The molecule has 0 saturated heterocycles. The summed E-state index contributed by atoms with van der Waals surface area (Å²) in [4.78, 5) is 12.1. The molecular weight excluding hydrogens is 252 g/mol. The molecule has 3 N–H and O–H groups in total. The van der Waals surface area contributed by atoms with Crippen molar-refractivity contribution in [2.45, 2.75) is 13.0 Å². The second-order valence-corrected chi connectivity index (χ2v) is 4.33.